The number of carbonyl (C=O) groups is 1. The number of amides is 1. The van der Waals surface area contributed by atoms with Crippen LogP contribution in [0.5, 0.6) is 17.2 Å². The summed E-state index contributed by atoms with van der Waals surface area (Å²) in [6, 6.07) is 12.0. The molecule has 0 bridgehead atoms. The molecule has 0 heterocycles. The molecule has 26 heavy (non-hydrogen) atoms. The molecule has 0 unspecified atom stereocenters. The van der Waals surface area contributed by atoms with Gasteiger partial charge in [0.15, 0.2) is 18.1 Å². The highest BCUT2D eigenvalue weighted by Crippen LogP contribution is 2.29. The lowest BCUT2D eigenvalue weighted by atomic mass is 10.2. The third kappa shape index (κ3) is 5.16. The van der Waals surface area contributed by atoms with Gasteiger partial charge in [0.1, 0.15) is 11.8 Å². The van der Waals surface area contributed by atoms with Crippen LogP contribution in [0.2, 0.25) is 5.02 Å². The van der Waals surface area contributed by atoms with E-state index in [1.54, 1.807) is 42.5 Å². The van der Waals surface area contributed by atoms with E-state index in [0.717, 1.165) is 5.56 Å². The molecule has 0 aliphatic carbocycles. The van der Waals surface area contributed by atoms with Crippen LogP contribution in [-0.2, 0) is 4.79 Å². The third-order valence-corrected chi connectivity index (χ3v) is 3.62. The van der Waals surface area contributed by atoms with Crippen LogP contribution in [-0.4, -0.2) is 26.7 Å². The zero-order valence-electron chi connectivity index (χ0n) is 14.3. The van der Waals surface area contributed by atoms with Crippen LogP contribution in [0.15, 0.2) is 42.5 Å². The number of nitrogens with zero attached hydrogens (tertiary/aromatic N) is 1. The number of halogens is 1. The molecular formula is C19H17ClN2O4. The molecule has 0 atom stereocenters. The van der Waals surface area contributed by atoms with E-state index >= 15 is 0 Å². The first-order valence-corrected chi connectivity index (χ1v) is 7.95. The average Bonchev–Trinajstić information content (AvgIpc) is 2.65. The summed E-state index contributed by atoms with van der Waals surface area (Å²) in [6.45, 7) is -0.0711. The Kier molecular flexibility index (Phi) is 6.89. The minimum Gasteiger partial charge on any atom is -0.495 e. The van der Waals surface area contributed by atoms with Crippen LogP contribution in [0.1, 0.15) is 5.56 Å². The molecule has 0 radical (unpaired) electrons. The highest BCUT2D eigenvalue weighted by molar-refractivity contribution is 6.32. The quantitative estimate of drug-likeness (QED) is 0.745. The van der Waals surface area contributed by atoms with Gasteiger partial charge in [0.05, 0.1) is 19.2 Å². The van der Waals surface area contributed by atoms with Crippen molar-refractivity contribution in [3.8, 4) is 23.3 Å². The molecule has 1 amide bonds. The van der Waals surface area contributed by atoms with Gasteiger partial charge >= 0.3 is 0 Å². The second-order valence-corrected chi connectivity index (χ2v) is 5.44. The molecule has 6 nitrogen and oxygen atoms in total. The molecule has 0 saturated heterocycles. The Bertz CT molecular complexity index is 859. The highest BCUT2D eigenvalue weighted by atomic mass is 35.5. The highest BCUT2D eigenvalue weighted by Gasteiger charge is 2.06. The van der Waals surface area contributed by atoms with E-state index < -0.39 is 0 Å². The second-order valence-electron chi connectivity index (χ2n) is 5.03. The lowest BCUT2D eigenvalue weighted by molar-refractivity contribution is -0.111. The van der Waals surface area contributed by atoms with Gasteiger partial charge in [-0.3, -0.25) is 4.79 Å². The third-order valence-electron chi connectivity index (χ3n) is 3.33. The van der Waals surface area contributed by atoms with Gasteiger partial charge in [-0.25, -0.2) is 0 Å². The molecule has 0 aromatic heterocycles. The van der Waals surface area contributed by atoms with Crippen LogP contribution in [0.3, 0.4) is 0 Å². The minimum absolute atomic E-state index is 0.0711. The summed E-state index contributed by atoms with van der Waals surface area (Å²) >= 11 is 6.03. The van der Waals surface area contributed by atoms with Crippen molar-refractivity contribution < 1.29 is 19.0 Å². The fourth-order valence-electron chi connectivity index (χ4n) is 2.12. The van der Waals surface area contributed by atoms with Gasteiger partial charge in [-0.05, 0) is 42.0 Å². The van der Waals surface area contributed by atoms with Crippen molar-refractivity contribution in [2.75, 3.05) is 26.1 Å². The molecule has 0 fully saturated rings. The lowest BCUT2D eigenvalue weighted by Crippen LogP contribution is -2.07. The Labute approximate surface area is 156 Å². The van der Waals surface area contributed by atoms with Crippen molar-refractivity contribution in [2.45, 2.75) is 0 Å². The number of anilines is 1. The fraction of sp³-hybridized carbons (Fsp3) is 0.158. The topological polar surface area (TPSA) is 80.6 Å². The smallest absolute Gasteiger partial charge is 0.248 e. The average molecular weight is 373 g/mol. The normalized spacial score (nSPS) is 10.2. The first-order valence-electron chi connectivity index (χ1n) is 7.57. The molecule has 7 heteroatoms. The summed E-state index contributed by atoms with van der Waals surface area (Å²) in [5.74, 6) is 1.16. The molecular weight excluding hydrogens is 356 g/mol. The maximum absolute atomic E-state index is 12.1. The van der Waals surface area contributed by atoms with Gasteiger partial charge in [0.2, 0.25) is 5.91 Å². The molecule has 0 aliphatic heterocycles. The van der Waals surface area contributed by atoms with Crippen LogP contribution in [0.4, 0.5) is 5.69 Å². The van der Waals surface area contributed by atoms with Crippen molar-refractivity contribution >= 4 is 29.3 Å². The molecule has 0 spiro atoms. The standard InChI is InChI=1S/C19H17ClN2O4/c1-24-16-7-5-14(12-15(16)20)22-19(23)8-4-13-3-6-17(26-10-9-21)18(11-13)25-2/h3-8,11-12H,10H2,1-2H3,(H,22,23)/b8-4+. The van der Waals surface area contributed by atoms with Crippen LogP contribution >= 0.6 is 11.6 Å². The van der Waals surface area contributed by atoms with Crippen LogP contribution < -0.4 is 19.5 Å². The summed E-state index contributed by atoms with van der Waals surface area (Å²) in [7, 11) is 3.02. The first-order chi connectivity index (χ1) is 12.6. The van der Waals surface area contributed by atoms with Gasteiger partial charge in [-0.1, -0.05) is 17.7 Å². The Morgan fingerprint density at radius 3 is 2.54 bits per heavy atom. The Morgan fingerprint density at radius 2 is 1.88 bits per heavy atom. The Balaban J connectivity index is 2.05. The minimum atomic E-state index is -0.310. The predicted molar refractivity (Wildman–Crippen MR) is 99.8 cm³/mol. The number of ether oxygens (including phenoxy) is 3. The van der Waals surface area contributed by atoms with Crippen LogP contribution in [0, 0.1) is 11.3 Å². The van der Waals surface area contributed by atoms with Gasteiger partial charge in [0, 0.05) is 11.8 Å². The van der Waals surface area contributed by atoms with Gasteiger partial charge in [-0.2, -0.15) is 5.26 Å². The summed E-state index contributed by atoms with van der Waals surface area (Å²) in [6.07, 6.45) is 3.03. The summed E-state index contributed by atoms with van der Waals surface area (Å²) in [5, 5.41) is 11.7. The van der Waals surface area contributed by atoms with E-state index in [0.29, 0.717) is 28.0 Å². The fourth-order valence-corrected chi connectivity index (χ4v) is 2.37. The SMILES string of the molecule is COc1ccc(NC(=O)/C=C/c2ccc(OCC#N)c(OC)c2)cc1Cl. The summed E-state index contributed by atoms with van der Waals surface area (Å²) < 4.78 is 15.5. The number of carbonyl (C=O) groups excluding carboxylic acids is 1. The number of hydrogen-bond acceptors (Lipinski definition) is 5. The number of rotatable bonds is 7. The summed E-state index contributed by atoms with van der Waals surface area (Å²) in [4.78, 5) is 12.1. The van der Waals surface area contributed by atoms with Crippen molar-refractivity contribution in [1.82, 2.24) is 0 Å². The van der Waals surface area contributed by atoms with Crippen molar-refractivity contribution in [3.63, 3.8) is 0 Å². The van der Waals surface area contributed by atoms with E-state index in [2.05, 4.69) is 5.32 Å². The first kappa shape index (κ1) is 19.2. The number of benzene rings is 2. The maximum atomic E-state index is 12.1. The van der Waals surface area contributed by atoms with Gasteiger partial charge in [-0.15, -0.1) is 0 Å². The van der Waals surface area contributed by atoms with E-state index in [1.165, 1.54) is 20.3 Å². The van der Waals surface area contributed by atoms with E-state index in [1.807, 2.05) is 6.07 Å². The van der Waals surface area contributed by atoms with Gasteiger partial charge < -0.3 is 19.5 Å². The Morgan fingerprint density at radius 1 is 1.15 bits per heavy atom. The lowest BCUT2D eigenvalue weighted by Gasteiger charge is -2.09. The molecule has 1 N–H and O–H groups in total. The van der Waals surface area contributed by atoms with Crippen molar-refractivity contribution in [3.05, 3.63) is 53.1 Å². The van der Waals surface area contributed by atoms with E-state index in [-0.39, 0.29) is 12.5 Å². The number of methoxy groups -OCH3 is 2. The predicted octanol–water partition coefficient (Wildman–Crippen LogP) is 3.91. The monoisotopic (exact) mass is 372 g/mol. The molecule has 0 aliphatic rings. The summed E-state index contributed by atoms with van der Waals surface area (Å²) in [5.41, 5.74) is 1.30. The van der Waals surface area contributed by atoms with E-state index in [9.17, 15) is 4.79 Å². The molecule has 2 aromatic carbocycles. The van der Waals surface area contributed by atoms with Crippen molar-refractivity contribution in [1.29, 1.82) is 5.26 Å². The molecule has 2 rings (SSSR count). The largest absolute Gasteiger partial charge is 0.495 e. The maximum Gasteiger partial charge on any atom is 0.248 e. The van der Waals surface area contributed by atoms with E-state index in [4.69, 9.17) is 31.1 Å². The number of nitrogens with one attached hydrogen (secondary N) is 1. The second kappa shape index (κ2) is 9.35. The molecule has 0 saturated carbocycles. The van der Waals surface area contributed by atoms with Crippen LogP contribution in [0.25, 0.3) is 6.08 Å². The number of hydrogen-bond donors (Lipinski definition) is 1. The molecule has 2 aromatic rings. The Hall–Kier alpha value is -3.17. The van der Waals surface area contributed by atoms with Crippen molar-refractivity contribution in [2.24, 2.45) is 0 Å². The zero-order valence-corrected chi connectivity index (χ0v) is 15.0. The number of nitriles is 1. The molecule has 134 valence electrons. The zero-order chi connectivity index (χ0) is 18.9. The van der Waals surface area contributed by atoms with Gasteiger partial charge in [0.25, 0.3) is 0 Å².